The Morgan fingerprint density at radius 2 is 0.639 bits per heavy atom. The summed E-state index contributed by atoms with van der Waals surface area (Å²) in [5, 5.41) is 6.20. The minimum absolute atomic E-state index is 0.719. The van der Waals surface area contributed by atoms with Gasteiger partial charge in [-0.15, -0.1) is 0 Å². The Morgan fingerprint density at radius 3 is 0.917 bits per heavy atom. The van der Waals surface area contributed by atoms with Crippen LogP contribution in [0.15, 0.2) is 121 Å². The standard InChI is InChI=1S/C32H20Cl2N2/c33-25-9-13-27(14-10-25)35-29-17-21-5-1-2-6-22(21)18-30(29)36(28-15-11-26(34)12-16-28)32-20-24-8-4-3-7-23(24)19-31(32)35/h1-20H. The number of halogens is 2. The molecular weight excluding hydrogens is 483 g/mol. The number of rotatable bonds is 2. The lowest BCUT2D eigenvalue weighted by Crippen LogP contribution is -2.24. The van der Waals surface area contributed by atoms with E-state index in [2.05, 4.69) is 107 Å². The summed E-state index contributed by atoms with van der Waals surface area (Å²) in [4.78, 5) is 4.68. The van der Waals surface area contributed by atoms with Gasteiger partial charge in [-0.25, -0.2) is 0 Å². The van der Waals surface area contributed by atoms with Gasteiger partial charge in [-0.2, -0.15) is 0 Å². The summed E-state index contributed by atoms with van der Waals surface area (Å²) in [5.74, 6) is 0. The lowest BCUT2D eigenvalue weighted by molar-refractivity contribution is 1.18. The highest BCUT2D eigenvalue weighted by atomic mass is 35.5. The molecule has 0 unspecified atom stereocenters. The SMILES string of the molecule is Clc1ccc(N2c3cc4ccccc4cc3N(c3ccc(Cl)cc3)c3cc4ccccc4cc32)cc1. The Labute approximate surface area is 219 Å². The van der Waals surface area contributed by atoms with E-state index in [1.54, 1.807) is 0 Å². The molecule has 6 aromatic rings. The molecule has 6 aromatic carbocycles. The van der Waals surface area contributed by atoms with Crippen molar-refractivity contribution in [3.63, 3.8) is 0 Å². The van der Waals surface area contributed by atoms with Crippen LogP contribution in [0.1, 0.15) is 0 Å². The first-order chi connectivity index (χ1) is 17.7. The molecule has 2 nitrogen and oxygen atoms in total. The molecule has 7 rings (SSSR count). The van der Waals surface area contributed by atoms with Gasteiger partial charge >= 0.3 is 0 Å². The number of anilines is 6. The van der Waals surface area contributed by atoms with Gasteiger partial charge in [0.2, 0.25) is 0 Å². The van der Waals surface area contributed by atoms with Crippen molar-refractivity contribution in [2.24, 2.45) is 0 Å². The summed E-state index contributed by atoms with van der Waals surface area (Å²) in [5.41, 5.74) is 6.54. The second-order valence-electron chi connectivity index (χ2n) is 9.00. The van der Waals surface area contributed by atoms with Crippen LogP contribution in [0.5, 0.6) is 0 Å². The van der Waals surface area contributed by atoms with E-state index in [1.807, 2.05) is 24.3 Å². The van der Waals surface area contributed by atoms with Gasteiger partial charge in [0, 0.05) is 21.4 Å². The first-order valence-corrected chi connectivity index (χ1v) is 12.6. The highest BCUT2D eigenvalue weighted by molar-refractivity contribution is 6.31. The molecule has 0 N–H and O–H groups in total. The van der Waals surface area contributed by atoms with Gasteiger partial charge in [0.1, 0.15) is 0 Å². The van der Waals surface area contributed by atoms with Gasteiger partial charge in [-0.3, -0.25) is 0 Å². The summed E-state index contributed by atoms with van der Waals surface area (Å²) < 4.78 is 0. The molecule has 0 amide bonds. The molecule has 0 saturated heterocycles. The summed E-state index contributed by atoms with van der Waals surface area (Å²) >= 11 is 12.6. The second kappa shape index (κ2) is 8.30. The molecule has 0 aliphatic carbocycles. The second-order valence-corrected chi connectivity index (χ2v) is 9.87. The Morgan fingerprint density at radius 1 is 0.361 bits per heavy atom. The number of fused-ring (bicyclic) bond motifs is 4. The van der Waals surface area contributed by atoms with E-state index in [1.165, 1.54) is 21.5 Å². The van der Waals surface area contributed by atoms with Crippen LogP contribution < -0.4 is 9.80 Å². The molecule has 172 valence electrons. The third-order valence-electron chi connectivity index (χ3n) is 6.82. The highest BCUT2D eigenvalue weighted by Crippen LogP contribution is 2.56. The van der Waals surface area contributed by atoms with Gasteiger partial charge < -0.3 is 9.80 Å². The minimum atomic E-state index is 0.719. The van der Waals surface area contributed by atoms with Crippen LogP contribution in [-0.4, -0.2) is 0 Å². The molecule has 0 saturated carbocycles. The van der Waals surface area contributed by atoms with Crippen molar-refractivity contribution in [1.82, 2.24) is 0 Å². The van der Waals surface area contributed by atoms with Gasteiger partial charge in [-0.1, -0.05) is 71.7 Å². The maximum Gasteiger partial charge on any atom is 0.0709 e. The Kier molecular flexibility index (Phi) is 4.92. The number of nitrogens with zero attached hydrogens (tertiary/aromatic N) is 2. The van der Waals surface area contributed by atoms with E-state index in [9.17, 15) is 0 Å². The molecule has 1 heterocycles. The fourth-order valence-electron chi connectivity index (χ4n) is 5.15. The Hall–Kier alpha value is -3.98. The average Bonchev–Trinajstić information content (AvgIpc) is 2.91. The summed E-state index contributed by atoms with van der Waals surface area (Å²) in [6, 6.07) is 42.2. The lowest BCUT2D eigenvalue weighted by Gasteiger charge is -2.41. The van der Waals surface area contributed by atoms with E-state index in [0.717, 1.165) is 44.2 Å². The van der Waals surface area contributed by atoms with Gasteiger partial charge in [0.05, 0.1) is 22.7 Å². The Balaban J connectivity index is 1.60. The van der Waals surface area contributed by atoms with E-state index in [4.69, 9.17) is 23.2 Å². The van der Waals surface area contributed by atoms with Crippen LogP contribution in [0.2, 0.25) is 10.0 Å². The van der Waals surface area contributed by atoms with Crippen molar-refractivity contribution in [2.75, 3.05) is 9.80 Å². The van der Waals surface area contributed by atoms with Gasteiger partial charge in [-0.05, 0) is 94.3 Å². The highest BCUT2D eigenvalue weighted by Gasteiger charge is 2.31. The molecule has 0 bridgehead atoms. The molecule has 1 aliphatic rings. The van der Waals surface area contributed by atoms with Crippen LogP contribution in [0.3, 0.4) is 0 Å². The molecule has 1 aliphatic heterocycles. The van der Waals surface area contributed by atoms with E-state index < -0.39 is 0 Å². The molecule has 36 heavy (non-hydrogen) atoms. The smallest absolute Gasteiger partial charge is 0.0709 e. The van der Waals surface area contributed by atoms with E-state index in [0.29, 0.717) is 0 Å². The zero-order valence-electron chi connectivity index (χ0n) is 19.2. The Bertz CT molecular complexity index is 1540. The topological polar surface area (TPSA) is 6.48 Å². The predicted molar refractivity (Wildman–Crippen MR) is 154 cm³/mol. The fourth-order valence-corrected chi connectivity index (χ4v) is 5.40. The monoisotopic (exact) mass is 502 g/mol. The van der Waals surface area contributed by atoms with E-state index in [-0.39, 0.29) is 0 Å². The predicted octanol–water partition coefficient (Wildman–Crippen LogP) is 10.6. The number of hydrogen-bond donors (Lipinski definition) is 0. The fraction of sp³-hybridized carbons (Fsp3) is 0. The van der Waals surface area contributed by atoms with Crippen LogP contribution in [0, 0.1) is 0 Å². The van der Waals surface area contributed by atoms with Crippen molar-refractivity contribution in [1.29, 1.82) is 0 Å². The summed E-state index contributed by atoms with van der Waals surface area (Å²) in [6.07, 6.45) is 0. The quantitative estimate of drug-likeness (QED) is 0.232. The maximum absolute atomic E-state index is 6.29. The average molecular weight is 503 g/mol. The van der Waals surface area contributed by atoms with Crippen molar-refractivity contribution in [3.8, 4) is 0 Å². The minimum Gasteiger partial charge on any atom is -0.306 e. The van der Waals surface area contributed by atoms with Crippen LogP contribution in [0.25, 0.3) is 21.5 Å². The largest absolute Gasteiger partial charge is 0.306 e. The molecule has 4 heteroatoms. The van der Waals surface area contributed by atoms with E-state index >= 15 is 0 Å². The van der Waals surface area contributed by atoms with Crippen molar-refractivity contribution < 1.29 is 0 Å². The number of hydrogen-bond acceptors (Lipinski definition) is 2. The van der Waals surface area contributed by atoms with Crippen molar-refractivity contribution >= 4 is 78.9 Å². The molecule has 0 spiro atoms. The summed E-state index contributed by atoms with van der Waals surface area (Å²) in [6.45, 7) is 0. The lowest BCUT2D eigenvalue weighted by atomic mass is 9.98. The van der Waals surface area contributed by atoms with Crippen molar-refractivity contribution in [2.45, 2.75) is 0 Å². The maximum atomic E-state index is 6.29. The van der Waals surface area contributed by atoms with Gasteiger partial charge in [0.15, 0.2) is 0 Å². The molecule has 0 fully saturated rings. The number of benzene rings is 6. The first-order valence-electron chi connectivity index (χ1n) is 11.8. The normalized spacial score (nSPS) is 12.6. The van der Waals surface area contributed by atoms with Crippen LogP contribution in [-0.2, 0) is 0 Å². The third kappa shape index (κ3) is 3.42. The van der Waals surface area contributed by atoms with Crippen LogP contribution >= 0.6 is 23.2 Å². The third-order valence-corrected chi connectivity index (χ3v) is 7.32. The van der Waals surface area contributed by atoms with Crippen LogP contribution in [0.4, 0.5) is 34.1 Å². The molecule has 0 aromatic heterocycles. The molecule has 0 atom stereocenters. The zero-order chi connectivity index (χ0) is 24.2. The van der Waals surface area contributed by atoms with Gasteiger partial charge in [0.25, 0.3) is 0 Å². The zero-order valence-corrected chi connectivity index (χ0v) is 20.7. The molecular formula is C32H20Cl2N2. The first kappa shape index (κ1) is 21.3. The summed E-state index contributed by atoms with van der Waals surface area (Å²) in [7, 11) is 0. The molecule has 0 radical (unpaired) electrons. The van der Waals surface area contributed by atoms with Crippen molar-refractivity contribution in [3.05, 3.63) is 131 Å².